The standard InChI is InChI=1S/C19H31ClN2O2/c1-14(13-22(6)18(23)24-19(3,4)5)12-21-15(2)11-16-7-9-17(20)10-8-16/h7-10,14-15,21H,11-13H2,1-6H3. The van der Waals surface area contributed by atoms with Gasteiger partial charge >= 0.3 is 6.09 Å². The van der Waals surface area contributed by atoms with Crippen LogP contribution in [0.1, 0.15) is 40.2 Å². The quantitative estimate of drug-likeness (QED) is 0.790. The van der Waals surface area contributed by atoms with Crippen LogP contribution < -0.4 is 5.32 Å². The zero-order valence-corrected chi connectivity index (χ0v) is 16.5. The van der Waals surface area contributed by atoms with Crippen LogP contribution >= 0.6 is 11.6 Å². The number of nitrogens with zero attached hydrogens (tertiary/aromatic N) is 1. The average Bonchev–Trinajstić information content (AvgIpc) is 2.46. The summed E-state index contributed by atoms with van der Waals surface area (Å²) in [5.74, 6) is 0.343. The molecule has 0 saturated carbocycles. The van der Waals surface area contributed by atoms with Gasteiger partial charge in [0.05, 0.1) is 0 Å². The van der Waals surface area contributed by atoms with Crippen molar-refractivity contribution in [2.75, 3.05) is 20.1 Å². The van der Waals surface area contributed by atoms with Crippen molar-refractivity contribution in [2.45, 2.75) is 52.7 Å². The van der Waals surface area contributed by atoms with Crippen LogP contribution in [0.5, 0.6) is 0 Å². The summed E-state index contributed by atoms with van der Waals surface area (Å²) in [5, 5.41) is 4.29. The summed E-state index contributed by atoms with van der Waals surface area (Å²) >= 11 is 5.91. The number of carbonyl (C=O) groups excluding carboxylic acids is 1. The first-order valence-corrected chi connectivity index (χ1v) is 8.86. The Morgan fingerprint density at radius 1 is 1.25 bits per heavy atom. The molecule has 0 aliphatic rings. The van der Waals surface area contributed by atoms with Crippen LogP contribution in [0, 0.1) is 5.92 Å². The van der Waals surface area contributed by atoms with Crippen LogP contribution in [0.25, 0.3) is 0 Å². The number of hydrogen-bond acceptors (Lipinski definition) is 3. The third kappa shape index (κ3) is 8.55. The summed E-state index contributed by atoms with van der Waals surface area (Å²) in [6, 6.07) is 8.31. The van der Waals surface area contributed by atoms with E-state index in [1.54, 1.807) is 11.9 Å². The van der Waals surface area contributed by atoms with E-state index in [0.29, 0.717) is 18.5 Å². The smallest absolute Gasteiger partial charge is 0.410 e. The molecule has 5 heteroatoms. The molecular weight excluding hydrogens is 324 g/mol. The lowest BCUT2D eigenvalue weighted by Gasteiger charge is -2.27. The summed E-state index contributed by atoms with van der Waals surface area (Å²) in [6.45, 7) is 11.4. The van der Waals surface area contributed by atoms with Crippen LogP contribution in [-0.4, -0.2) is 42.8 Å². The van der Waals surface area contributed by atoms with Gasteiger partial charge in [-0.15, -0.1) is 0 Å². The monoisotopic (exact) mass is 354 g/mol. The molecule has 1 aromatic carbocycles. The molecule has 0 aliphatic carbocycles. The maximum absolute atomic E-state index is 12.0. The number of rotatable bonds is 7. The van der Waals surface area contributed by atoms with Crippen molar-refractivity contribution in [3.8, 4) is 0 Å². The highest BCUT2D eigenvalue weighted by atomic mass is 35.5. The molecule has 0 spiro atoms. The number of ether oxygens (including phenoxy) is 1. The average molecular weight is 355 g/mol. The second-order valence-corrected chi connectivity index (χ2v) is 8.04. The Balaban J connectivity index is 2.33. The highest BCUT2D eigenvalue weighted by molar-refractivity contribution is 6.30. The number of carbonyl (C=O) groups is 1. The van der Waals surface area contributed by atoms with Crippen molar-refractivity contribution in [2.24, 2.45) is 5.92 Å². The van der Waals surface area contributed by atoms with E-state index in [9.17, 15) is 4.79 Å². The number of nitrogens with one attached hydrogen (secondary N) is 1. The van der Waals surface area contributed by atoms with Crippen molar-refractivity contribution in [3.05, 3.63) is 34.9 Å². The van der Waals surface area contributed by atoms with Crippen molar-refractivity contribution in [1.29, 1.82) is 0 Å². The maximum Gasteiger partial charge on any atom is 0.410 e. The van der Waals surface area contributed by atoms with Gasteiger partial charge in [-0.3, -0.25) is 0 Å². The number of benzene rings is 1. The minimum atomic E-state index is -0.458. The van der Waals surface area contributed by atoms with E-state index in [0.717, 1.165) is 18.0 Å². The molecule has 0 aromatic heterocycles. The van der Waals surface area contributed by atoms with Crippen molar-refractivity contribution < 1.29 is 9.53 Å². The minimum Gasteiger partial charge on any atom is -0.444 e. The molecular formula is C19H31ClN2O2. The number of halogens is 1. The topological polar surface area (TPSA) is 41.6 Å². The first kappa shape index (κ1) is 20.8. The molecule has 2 unspecified atom stereocenters. The van der Waals surface area contributed by atoms with Crippen molar-refractivity contribution in [1.82, 2.24) is 10.2 Å². The van der Waals surface area contributed by atoms with Gasteiger partial charge in [-0.1, -0.05) is 30.7 Å². The fourth-order valence-electron chi connectivity index (χ4n) is 2.40. The number of hydrogen-bond donors (Lipinski definition) is 1. The zero-order valence-electron chi connectivity index (χ0n) is 15.7. The molecule has 24 heavy (non-hydrogen) atoms. The fourth-order valence-corrected chi connectivity index (χ4v) is 2.52. The van der Waals surface area contributed by atoms with Gasteiger partial charge in [0.2, 0.25) is 0 Å². The van der Waals surface area contributed by atoms with Crippen molar-refractivity contribution in [3.63, 3.8) is 0 Å². The lowest BCUT2D eigenvalue weighted by molar-refractivity contribution is 0.0276. The molecule has 0 radical (unpaired) electrons. The Kier molecular flexibility index (Phi) is 8.04. The van der Waals surface area contributed by atoms with Crippen LogP contribution in [0.3, 0.4) is 0 Å². The second-order valence-electron chi connectivity index (χ2n) is 7.61. The Bertz CT molecular complexity index is 511. The molecule has 0 aliphatic heterocycles. The van der Waals surface area contributed by atoms with Gasteiger partial charge in [0.25, 0.3) is 0 Å². The Morgan fingerprint density at radius 3 is 2.38 bits per heavy atom. The highest BCUT2D eigenvalue weighted by Gasteiger charge is 2.20. The summed E-state index contributed by atoms with van der Waals surface area (Å²) in [4.78, 5) is 13.6. The van der Waals surface area contributed by atoms with E-state index >= 15 is 0 Å². The van der Waals surface area contributed by atoms with Crippen LogP contribution in [0.15, 0.2) is 24.3 Å². The Labute approximate surface area is 151 Å². The van der Waals surface area contributed by atoms with Crippen LogP contribution in [0.4, 0.5) is 4.79 Å². The molecule has 136 valence electrons. The van der Waals surface area contributed by atoms with Gasteiger partial charge in [-0.2, -0.15) is 0 Å². The van der Waals surface area contributed by atoms with Crippen LogP contribution in [0.2, 0.25) is 5.02 Å². The Morgan fingerprint density at radius 2 is 1.83 bits per heavy atom. The second kappa shape index (κ2) is 9.28. The normalized spacial score (nSPS) is 14.1. The lowest BCUT2D eigenvalue weighted by Crippen LogP contribution is -2.40. The van der Waals surface area contributed by atoms with Gasteiger partial charge in [-0.25, -0.2) is 4.79 Å². The summed E-state index contributed by atoms with van der Waals surface area (Å²) in [7, 11) is 1.78. The molecule has 1 rings (SSSR count). The van der Waals surface area contributed by atoms with E-state index in [1.165, 1.54) is 5.56 Å². The van der Waals surface area contributed by atoms with Crippen molar-refractivity contribution >= 4 is 17.7 Å². The van der Waals surface area contributed by atoms with Gasteiger partial charge in [0.15, 0.2) is 0 Å². The van der Waals surface area contributed by atoms with E-state index in [1.807, 2.05) is 32.9 Å². The predicted molar refractivity (Wildman–Crippen MR) is 101 cm³/mol. The van der Waals surface area contributed by atoms with Gasteiger partial charge in [-0.05, 0) is 64.3 Å². The maximum atomic E-state index is 12.0. The molecule has 4 nitrogen and oxygen atoms in total. The third-order valence-corrected chi connectivity index (χ3v) is 3.81. The molecule has 0 heterocycles. The molecule has 1 N–H and O–H groups in total. The largest absolute Gasteiger partial charge is 0.444 e. The lowest BCUT2D eigenvalue weighted by atomic mass is 10.1. The fraction of sp³-hybridized carbons (Fsp3) is 0.632. The van der Waals surface area contributed by atoms with E-state index < -0.39 is 5.60 Å². The molecule has 1 aromatic rings. The van der Waals surface area contributed by atoms with E-state index in [-0.39, 0.29) is 6.09 Å². The van der Waals surface area contributed by atoms with E-state index in [4.69, 9.17) is 16.3 Å². The predicted octanol–water partition coefficient (Wildman–Crippen LogP) is 4.36. The Hall–Kier alpha value is -1.26. The van der Waals surface area contributed by atoms with Crippen LogP contribution in [-0.2, 0) is 11.2 Å². The van der Waals surface area contributed by atoms with Gasteiger partial charge < -0.3 is 15.0 Å². The van der Waals surface area contributed by atoms with E-state index in [2.05, 4.69) is 31.3 Å². The molecule has 0 fully saturated rings. The minimum absolute atomic E-state index is 0.274. The summed E-state index contributed by atoms with van der Waals surface area (Å²) < 4.78 is 5.37. The molecule has 0 bridgehead atoms. The van der Waals surface area contributed by atoms with Gasteiger partial charge in [0, 0.05) is 24.7 Å². The first-order valence-electron chi connectivity index (χ1n) is 8.48. The molecule has 1 amide bonds. The summed E-state index contributed by atoms with van der Waals surface area (Å²) in [5.41, 5.74) is 0.804. The van der Waals surface area contributed by atoms with Gasteiger partial charge in [0.1, 0.15) is 5.60 Å². The zero-order chi connectivity index (χ0) is 18.3. The highest BCUT2D eigenvalue weighted by Crippen LogP contribution is 2.12. The SMILES string of the molecule is CC(CNC(C)Cc1ccc(Cl)cc1)CN(C)C(=O)OC(C)(C)C. The number of amides is 1. The molecule has 0 saturated heterocycles. The third-order valence-electron chi connectivity index (χ3n) is 3.56. The summed E-state index contributed by atoms with van der Waals surface area (Å²) in [6.07, 6.45) is 0.676. The molecule has 2 atom stereocenters. The first-order chi connectivity index (χ1) is 11.1.